The van der Waals surface area contributed by atoms with Crippen LogP contribution in [0.5, 0.6) is 0 Å². The fraction of sp³-hybridized carbons (Fsp3) is 0.0833. The van der Waals surface area contributed by atoms with Gasteiger partial charge in [0, 0.05) is 10.5 Å². The molecule has 1 aromatic heterocycles. The molecule has 2 rings (SSSR count). The molecule has 2 aromatic rings. The molecule has 0 aliphatic carbocycles. The maximum Gasteiger partial charge on any atom is 0.371 e. The van der Waals surface area contributed by atoms with Crippen LogP contribution in [0.4, 0.5) is 0 Å². The first kappa shape index (κ1) is 10.8. The molecule has 0 aliphatic rings. The predicted molar refractivity (Wildman–Crippen MR) is 62.9 cm³/mol. The van der Waals surface area contributed by atoms with Crippen LogP contribution in [0.2, 0.25) is 0 Å². The van der Waals surface area contributed by atoms with Crippen molar-refractivity contribution in [1.82, 2.24) is 0 Å². The lowest BCUT2D eigenvalue weighted by Crippen LogP contribution is -1.91. The summed E-state index contributed by atoms with van der Waals surface area (Å²) < 4.78 is 5.20. The molecular weight excluding hydrogens is 224 g/mol. The predicted octanol–water partition coefficient (Wildman–Crippen LogP) is 3.37. The zero-order valence-electron chi connectivity index (χ0n) is 8.64. The second kappa shape index (κ2) is 4.45. The second-order valence-electron chi connectivity index (χ2n) is 3.20. The van der Waals surface area contributed by atoms with Crippen LogP contribution in [-0.2, 0) is 0 Å². The van der Waals surface area contributed by atoms with Gasteiger partial charge in [-0.3, -0.25) is 0 Å². The minimum atomic E-state index is -1.05. The largest absolute Gasteiger partial charge is 0.475 e. The van der Waals surface area contributed by atoms with Crippen LogP contribution in [0.1, 0.15) is 10.6 Å². The van der Waals surface area contributed by atoms with E-state index in [0.29, 0.717) is 5.76 Å². The number of furan rings is 1. The lowest BCUT2D eigenvalue weighted by atomic mass is 10.2. The molecule has 16 heavy (non-hydrogen) atoms. The molecule has 0 saturated carbocycles. The Morgan fingerprint density at radius 1 is 1.19 bits per heavy atom. The molecule has 0 saturated heterocycles. The van der Waals surface area contributed by atoms with Crippen LogP contribution in [-0.4, -0.2) is 17.3 Å². The summed E-state index contributed by atoms with van der Waals surface area (Å²) >= 11 is 1.66. The van der Waals surface area contributed by atoms with Crippen LogP contribution in [0.25, 0.3) is 11.3 Å². The summed E-state index contributed by atoms with van der Waals surface area (Å²) in [6.07, 6.45) is 2.00. The van der Waals surface area contributed by atoms with Crippen molar-refractivity contribution in [2.24, 2.45) is 0 Å². The van der Waals surface area contributed by atoms with Crippen molar-refractivity contribution in [2.75, 3.05) is 6.26 Å². The summed E-state index contributed by atoms with van der Waals surface area (Å²) in [6, 6.07) is 10.9. The molecule has 0 spiro atoms. The Hall–Kier alpha value is -1.68. The highest BCUT2D eigenvalue weighted by Gasteiger charge is 2.09. The van der Waals surface area contributed by atoms with Gasteiger partial charge in [0.25, 0.3) is 0 Å². The lowest BCUT2D eigenvalue weighted by Gasteiger charge is -1.98. The molecule has 3 nitrogen and oxygen atoms in total. The Morgan fingerprint density at radius 2 is 1.88 bits per heavy atom. The van der Waals surface area contributed by atoms with Gasteiger partial charge in [0.05, 0.1) is 0 Å². The summed E-state index contributed by atoms with van der Waals surface area (Å²) in [5.74, 6) is -0.513. The molecule has 0 bridgehead atoms. The third kappa shape index (κ3) is 2.12. The summed E-state index contributed by atoms with van der Waals surface area (Å²) in [4.78, 5) is 11.8. The second-order valence-corrected chi connectivity index (χ2v) is 4.08. The van der Waals surface area contributed by atoms with Gasteiger partial charge in [-0.05, 0) is 30.5 Å². The number of hydrogen-bond acceptors (Lipinski definition) is 3. The quantitative estimate of drug-likeness (QED) is 0.827. The van der Waals surface area contributed by atoms with Gasteiger partial charge in [-0.1, -0.05) is 12.1 Å². The number of carboxylic acids is 1. The number of aromatic carboxylic acids is 1. The molecule has 0 radical (unpaired) electrons. The highest BCUT2D eigenvalue weighted by Crippen LogP contribution is 2.24. The van der Waals surface area contributed by atoms with Crippen molar-refractivity contribution in [3.8, 4) is 11.3 Å². The van der Waals surface area contributed by atoms with E-state index >= 15 is 0 Å². The SMILES string of the molecule is CSc1ccc(-c2ccc(C(=O)O)o2)cc1. The van der Waals surface area contributed by atoms with Crippen LogP contribution in [0.3, 0.4) is 0 Å². The Morgan fingerprint density at radius 3 is 2.38 bits per heavy atom. The van der Waals surface area contributed by atoms with Crippen molar-refractivity contribution in [1.29, 1.82) is 0 Å². The molecule has 1 aromatic carbocycles. The normalized spacial score (nSPS) is 10.3. The van der Waals surface area contributed by atoms with Gasteiger partial charge in [0.15, 0.2) is 0 Å². The molecule has 0 unspecified atom stereocenters. The highest BCUT2D eigenvalue weighted by molar-refractivity contribution is 7.98. The Balaban J connectivity index is 2.31. The number of benzene rings is 1. The van der Waals surface area contributed by atoms with E-state index in [-0.39, 0.29) is 5.76 Å². The summed E-state index contributed by atoms with van der Waals surface area (Å²) in [6.45, 7) is 0. The van der Waals surface area contributed by atoms with E-state index in [1.54, 1.807) is 17.8 Å². The zero-order valence-corrected chi connectivity index (χ0v) is 9.45. The maximum atomic E-state index is 10.6. The van der Waals surface area contributed by atoms with Crippen molar-refractivity contribution in [3.05, 3.63) is 42.2 Å². The summed E-state index contributed by atoms with van der Waals surface area (Å²) in [5.41, 5.74) is 0.880. The van der Waals surface area contributed by atoms with Gasteiger partial charge in [0.2, 0.25) is 5.76 Å². The molecule has 82 valence electrons. The van der Waals surface area contributed by atoms with Gasteiger partial charge in [-0.25, -0.2) is 4.79 Å². The highest BCUT2D eigenvalue weighted by atomic mass is 32.2. The third-order valence-corrected chi connectivity index (χ3v) is 2.93. The molecule has 4 heteroatoms. The molecule has 0 aliphatic heterocycles. The van der Waals surface area contributed by atoms with Crippen molar-refractivity contribution < 1.29 is 14.3 Å². The Bertz CT molecular complexity index is 499. The molecule has 1 N–H and O–H groups in total. The number of carboxylic acid groups (broad SMARTS) is 1. The molecular formula is C12H10O3S. The maximum absolute atomic E-state index is 10.6. The summed E-state index contributed by atoms with van der Waals surface area (Å²) in [5, 5.41) is 8.73. The van der Waals surface area contributed by atoms with Gasteiger partial charge in [-0.15, -0.1) is 11.8 Å². The van der Waals surface area contributed by atoms with E-state index in [9.17, 15) is 4.79 Å². The number of carbonyl (C=O) groups is 1. The first-order chi connectivity index (χ1) is 7.70. The standard InChI is InChI=1S/C12H10O3S/c1-16-9-4-2-8(3-5-9)10-6-7-11(15-10)12(13)14/h2-7H,1H3,(H,13,14). The Kier molecular flexibility index (Phi) is 3.01. The van der Waals surface area contributed by atoms with E-state index < -0.39 is 5.97 Å². The van der Waals surface area contributed by atoms with Gasteiger partial charge >= 0.3 is 5.97 Å². The Labute approximate surface area is 97.1 Å². The van der Waals surface area contributed by atoms with E-state index in [2.05, 4.69) is 0 Å². The smallest absolute Gasteiger partial charge is 0.371 e. The van der Waals surface area contributed by atoms with Crippen LogP contribution in [0, 0.1) is 0 Å². The molecule has 0 fully saturated rings. The van der Waals surface area contributed by atoms with Crippen LogP contribution >= 0.6 is 11.8 Å². The minimum Gasteiger partial charge on any atom is -0.475 e. The monoisotopic (exact) mass is 234 g/mol. The lowest BCUT2D eigenvalue weighted by molar-refractivity contribution is 0.0663. The van der Waals surface area contributed by atoms with Gasteiger partial charge < -0.3 is 9.52 Å². The van der Waals surface area contributed by atoms with Crippen molar-refractivity contribution in [3.63, 3.8) is 0 Å². The first-order valence-corrected chi connectivity index (χ1v) is 5.91. The average molecular weight is 234 g/mol. The van der Waals surface area contributed by atoms with E-state index in [1.807, 2.05) is 30.5 Å². The molecule has 0 amide bonds. The minimum absolute atomic E-state index is 0.0380. The van der Waals surface area contributed by atoms with E-state index in [0.717, 1.165) is 10.5 Å². The van der Waals surface area contributed by atoms with E-state index in [1.165, 1.54) is 6.07 Å². The fourth-order valence-electron chi connectivity index (χ4n) is 1.36. The number of hydrogen-bond donors (Lipinski definition) is 1. The zero-order chi connectivity index (χ0) is 11.5. The van der Waals surface area contributed by atoms with E-state index in [4.69, 9.17) is 9.52 Å². The van der Waals surface area contributed by atoms with Gasteiger partial charge in [-0.2, -0.15) is 0 Å². The average Bonchev–Trinajstić information content (AvgIpc) is 2.78. The topological polar surface area (TPSA) is 50.4 Å². The number of thioether (sulfide) groups is 1. The third-order valence-electron chi connectivity index (χ3n) is 2.19. The number of rotatable bonds is 3. The van der Waals surface area contributed by atoms with Gasteiger partial charge in [0.1, 0.15) is 5.76 Å². The fourth-order valence-corrected chi connectivity index (χ4v) is 1.77. The molecule has 0 atom stereocenters. The van der Waals surface area contributed by atoms with Crippen molar-refractivity contribution in [2.45, 2.75) is 4.90 Å². The summed E-state index contributed by atoms with van der Waals surface area (Å²) in [7, 11) is 0. The van der Waals surface area contributed by atoms with Crippen LogP contribution < -0.4 is 0 Å². The van der Waals surface area contributed by atoms with Crippen molar-refractivity contribution >= 4 is 17.7 Å². The molecule has 1 heterocycles. The first-order valence-electron chi connectivity index (χ1n) is 4.68. The van der Waals surface area contributed by atoms with Crippen LogP contribution in [0.15, 0.2) is 45.7 Å².